The van der Waals surface area contributed by atoms with Gasteiger partial charge in [0.25, 0.3) is 0 Å². The van der Waals surface area contributed by atoms with E-state index in [9.17, 15) is 0 Å². The molecule has 14 aliphatic rings. The van der Waals surface area contributed by atoms with Gasteiger partial charge in [-0.2, -0.15) is 0 Å². The van der Waals surface area contributed by atoms with Crippen molar-refractivity contribution in [1.29, 1.82) is 0 Å². The molecule has 139 heavy (non-hydrogen) atoms. The molecule has 7 aromatic rings. The highest BCUT2D eigenvalue weighted by Crippen LogP contribution is 2.59. The average molecular weight is 1900 g/mol. The zero-order valence-electron chi connectivity index (χ0n) is 92.9. The van der Waals surface area contributed by atoms with E-state index in [-0.39, 0.29) is 86.0 Å². The number of fused-ring (bicyclic) bond motifs is 7. The molecule has 6 aromatic carbocycles. The summed E-state index contributed by atoms with van der Waals surface area (Å²) in [6, 6.07) is 46.4. The predicted molar refractivity (Wildman–Crippen MR) is 584 cm³/mol. The van der Waals surface area contributed by atoms with E-state index < -0.39 is 6.02 Å². The first-order valence-electron chi connectivity index (χ1n) is 55.1. The van der Waals surface area contributed by atoms with Crippen molar-refractivity contribution in [2.75, 3.05) is 91.6 Å². The number of rotatable bonds is 1. The summed E-state index contributed by atoms with van der Waals surface area (Å²) in [5.74, 6) is 0.735. The maximum absolute atomic E-state index is 8.79. The van der Waals surface area contributed by atoms with Crippen LogP contribution in [0, 0.1) is 60.2 Å². The van der Waals surface area contributed by atoms with Crippen LogP contribution in [0.1, 0.15) is 386 Å². The zero-order chi connectivity index (χ0) is 102. The fourth-order valence-corrected chi connectivity index (χ4v) is 27.7. The molecule has 0 radical (unpaired) electrons. The molecule has 16 nitrogen and oxygen atoms in total. The van der Waals surface area contributed by atoms with Gasteiger partial charge in [-0.15, -0.1) is 0 Å². The van der Waals surface area contributed by atoms with E-state index in [4.69, 9.17) is 46.2 Å². The molecule has 0 unspecified atom stereocenters. The second-order valence-electron chi connectivity index (χ2n) is 53.3. The van der Waals surface area contributed by atoms with Crippen molar-refractivity contribution in [3.8, 4) is 5.88 Å². The topological polar surface area (TPSA) is 227 Å². The molecule has 0 saturated carbocycles. The van der Waals surface area contributed by atoms with Crippen LogP contribution in [0.15, 0.2) is 134 Å². The van der Waals surface area contributed by atoms with Gasteiger partial charge in [-0.1, -0.05) is 139 Å². The Hall–Kier alpha value is -6.29. The highest BCUT2D eigenvalue weighted by molar-refractivity contribution is 5.48. The van der Waals surface area contributed by atoms with Crippen molar-refractivity contribution >= 4 is 0 Å². The van der Waals surface area contributed by atoms with Crippen molar-refractivity contribution in [2.45, 2.75) is 401 Å². The predicted octanol–water partition coefficient (Wildman–Crippen LogP) is 22.6. The van der Waals surface area contributed by atoms with Crippen LogP contribution in [-0.2, 0) is 44.9 Å². The van der Waals surface area contributed by atoms with E-state index in [0.29, 0.717) is 27.1 Å². The molecular weight excluding hydrogens is 1700 g/mol. The minimum Gasteiger partial charge on any atom is -0.469 e. The number of nitrogens with zero attached hydrogens (tertiary/aromatic N) is 8. The lowest BCUT2D eigenvalue weighted by Crippen LogP contribution is -2.55. The Bertz CT molecular complexity index is 5260. The normalized spacial score (nSPS) is 26.6. The number of aromatic nitrogens is 1. The number of likely N-dealkylation sites (tertiary alicyclic amines) is 7. The molecule has 16 heteroatoms. The van der Waals surface area contributed by atoms with Crippen molar-refractivity contribution in [2.24, 2.45) is 72.6 Å². The average Bonchev–Trinajstić information content (AvgIpc) is 1.56. The molecule has 21 rings (SSSR count). The van der Waals surface area contributed by atoms with Crippen LogP contribution in [0.25, 0.3) is 0 Å². The number of ether oxygens (including phenoxy) is 1. The van der Waals surface area contributed by atoms with Gasteiger partial charge in [0.1, 0.15) is 5.60 Å². The quantitative estimate of drug-likeness (QED) is 0.0811. The fraction of sp³-hybridized carbons (Fsp3) is 0.667. The summed E-state index contributed by atoms with van der Waals surface area (Å²) in [7, 11) is 0. The van der Waals surface area contributed by atoms with Crippen molar-refractivity contribution in [3.63, 3.8) is 0 Å². The van der Waals surface area contributed by atoms with Gasteiger partial charge in [0.2, 0.25) is 5.88 Å². The lowest BCUT2D eigenvalue weighted by molar-refractivity contribution is -0.0255. The standard InChI is InChI=1S/C19H30N2.4C18H28N2.C17H26N2.C15H23N3O/c1-5-14-6-7-15-13-19(17(20)16(15)12-14)8-10-21(11-9-19)18(2,3)4;1-13-5-6-15-14(11-13)12-18(16(15)19)7-9-20(10-8-18)17(2,3)4;1-13-5-6-14-12-18(16(19)15(14)11-13)7-9-20(10-8-18)17(2,3)4;2*1-13-6-5-7-14-15(13)12-18(16(14)19)8-10-20(11-9-18)17(2,3)4;1-16(2,3)19-10-8-17(9-11-19)12-13-6-4-5-7-14(13)15(17)18;1-14(2,3)18-9-6-15(7-10-18)12(16)11-5-4-8-17-13(11)19-15/h6-7,12,17H,5,8-11,13,20H2,1-4H3;2*5-6,11,16H,7-10,12,19H2,1-4H3;2*5-7,16H,8-12,19H2,1-4H3;4-7,15H,8-12,18H2,1-3H3;4-5,8,12H,6-7,9-10,16H2,1-3H3/t17-;4*16-;15-;12-/m1001011/s1/i;;;;;15D;. The third-order valence-corrected chi connectivity index (χ3v) is 37.9. The second-order valence-corrected chi connectivity index (χ2v) is 53.3. The largest absolute Gasteiger partial charge is 0.469 e. The van der Waals surface area contributed by atoms with Crippen molar-refractivity contribution in [1.82, 2.24) is 39.3 Å². The number of piperidine rings is 7. The molecular formula is C123H191N15O. The summed E-state index contributed by atoms with van der Waals surface area (Å²) in [4.78, 5) is 22.4. The monoisotopic (exact) mass is 1900 g/mol. The van der Waals surface area contributed by atoms with Gasteiger partial charge in [-0.3, -0.25) is 34.3 Å². The summed E-state index contributed by atoms with van der Waals surface area (Å²) < 4.78 is 14.9. The van der Waals surface area contributed by atoms with E-state index in [0.717, 1.165) is 81.7 Å². The summed E-state index contributed by atoms with van der Waals surface area (Å²) in [5, 5.41) is 0. The molecule has 1 aromatic heterocycles. The summed E-state index contributed by atoms with van der Waals surface area (Å²) in [5.41, 5.74) is 74.4. The van der Waals surface area contributed by atoms with E-state index in [2.05, 4.69) is 322 Å². The molecule has 14 N–H and O–H groups in total. The van der Waals surface area contributed by atoms with Crippen molar-refractivity contribution in [3.05, 3.63) is 234 Å². The number of pyridine rings is 1. The SMILES string of the molecule is CC(C)(C)N1CCC2(CC1)Oc1ncccc1[C@H]2N.CCc1ccc2c(c1)[C@@H](N)C1(CCN(C(C)(C)C)CC1)C2.Cc1ccc2c(c1)CC1(CCN(C(C)(C)C)CC1)[C@H]2N.Cc1ccc2c(c1)[C@H](N)C1(CCN(C(C)(C)C)CC1)C2.Cc1cccc2c1CC1(CCN(C(C)(C)C)CC1)[C@@H]2N.Cc1cccc2c1CC1(CCN(C(C)(C)C)CC1)[C@H]2N.[2H][C@@]1(N)c2ccccc2CC12CCN(C(C)(C)C)CC2. The molecule has 6 aliphatic carbocycles. The van der Waals surface area contributed by atoms with E-state index in [1.165, 1.54) is 251 Å². The number of benzene rings is 6. The van der Waals surface area contributed by atoms with Crippen LogP contribution in [0.2, 0.25) is 0 Å². The molecule has 7 fully saturated rings. The number of hydrogen-bond donors (Lipinski definition) is 7. The number of nitrogens with two attached hydrogens (primary N) is 7. The Morgan fingerprint density at radius 2 is 0.597 bits per heavy atom. The fourth-order valence-electron chi connectivity index (χ4n) is 27.7. The molecule has 764 valence electrons. The zero-order valence-corrected chi connectivity index (χ0v) is 91.9. The highest BCUT2D eigenvalue weighted by Gasteiger charge is 2.56. The number of aryl methyl sites for hydroxylation is 5. The van der Waals surface area contributed by atoms with Gasteiger partial charge in [-0.25, -0.2) is 4.98 Å². The Morgan fingerprint density at radius 1 is 0.295 bits per heavy atom. The van der Waals surface area contributed by atoms with Gasteiger partial charge < -0.3 is 44.9 Å². The van der Waals surface area contributed by atoms with Crippen LogP contribution in [0.5, 0.6) is 5.88 Å². The van der Waals surface area contributed by atoms with E-state index >= 15 is 0 Å². The van der Waals surface area contributed by atoms with Crippen LogP contribution in [0.3, 0.4) is 0 Å². The first kappa shape index (κ1) is 106. The summed E-state index contributed by atoms with van der Waals surface area (Å²) in [6.07, 6.45) is 26.1. The number of hydrogen-bond acceptors (Lipinski definition) is 16. The van der Waals surface area contributed by atoms with Gasteiger partial charge in [0.05, 0.1) is 7.41 Å². The van der Waals surface area contributed by atoms with Gasteiger partial charge in [-0.05, 0) is 496 Å². The maximum atomic E-state index is 8.79. The smallest absolute Gasteiger partial charge is 0.218 e. The third kappa shape index (κ3) is 22.2. The molecule has 8 aliphatic heterocycles. The minimum absolute atomic E-state index is 0.0432. The van der Waals surface area contributed by atoms with E-state index in [1.807, 2.05) is 24.3 Å². The van der Waals surface area contributed by atoms with Crippen LogP contribution < -0.4 is 44.9 Å². The van der Waals surface area contributed by atoms with E-state index in [1.54, 1.807) is 6.20 Å². The molecule has 7 saturated heterocycles. The molecule has 7 atom stereocenters. The van der Waals surface area contributed by atoms with Gasteiger partial charge >= 0.3 is 0 Å². The van der Waals surface area contributed by atoms with Crippen LogP contribution >= 0.6 is 0 Å². The third-order valence-electron chi connectivity index (χ3n) is 37.9. The summed E-state index contributed by atoms with van der Waals surface area (Å²) >= 11 is 0. The Labute approximate surface area is 845 Å². The van der Waals surface area contributed by atoms with Gasteiger partial charge in [0, 0.05) is 113 Å². The Morgan fingerprint density at radius 3 is 0.971 bits per heavy atom. The van der Waals surface area contributed by atoms with Crippen LogP contribution in [0.4, 0.5) is 0 Å². The summed E-state index contributed by atoms with van der Waals surface area (Å²) in [6.45, 7) is 75.4. The molecule has 7 spiro atoms. The first-order chi connectivity index (χ1) is 65.3. The minimum atomic E-state index is -0.923. The van der Waals surface area contributed by atoms with Crippen molar-refractivity contribution < 1.29 is 6.11 Å². The maximum Gasteiger partial charge on any atom is 0.218 e. The Kier molecular flexibility index (Phi) is 30.7. The molecule has 0 amide bonds. The van der Waals surface area contributed by atoms with Crippen LogP contribution in [-0.4, -0.2) is 175 Å². The van der Waals surface area contributed by atoms with Gasteiger partial charge in [0.15, 0.2) is 0 Å². The Balaban J connectivity index is 0.000000124. The molecule has 0 bridgehead atoms. The highest BCUT2D eigenvalue weighted by atomic mass is 16.5. The second kappa shape index (κ2) is 40.5. The molecule has 9 heterocycles. The lowest BCUT2D eigenvalue weighted by atomic mass is 9.72. The lowest BCUT2D eigenvalue weighted by Gasteiger charge is -2.47. The first-order valence-corrected chi connectivity index (χ1v) is 54.6.